The van der Waals surface area contributed by atoms with Crippen LogP contribution in [0.1, 0.15) is 31.6 Å². The molecule has 0 saturated carbocycles. The number of nitrogens with zero attached hydrogens (tertiary/aromatic N) is 4. The van der Waals surface area contributed by atoms with Gasteiger partial charge in [0.05, 0.1) is 18.0 Å². The zero-order chi connectivity index (χ0) is 18.4. The summed E-state index contributed by atoms with van der Waals surface area (Å²) in [6, 6.07) is -0.508. The average molecular weight is 388 g/mol. The number of thiazole rings is 1. The van der Waals surface area contributed by atoms with Gasteiger partial charge in [0.15, 0.2) is 5.13 Å². The highest BCUT2D eigenvalue weighted by Gasteiger charge is 2.56. The first-order chi connectivity index (χ1) is 11.8. The lowest BCUT2D eigenvalue weighted by molar-refractivity contribution is -0.120. The number of carbonyl (C=O) groups excluding carboxylic acids is 1. The quantitative estimate of drug-likeness (QED) is 0.771. The number of amides is 1. The molecule has 1 aromatic rings. The molecule has 0 radical (unpaired) electrons. The summed E-state index contributed by atoms with van der Waals surface area (Å²) >= 11 is 1.40. The summed E-state index contributed by atoms with van der Waals surface area (Å²) in [5, 5.41) is 0.617. The van der Waals surface area contributed by atoms with Crippen molar-refractivity contribution in [2.24, 2.45) is 11.7 Å². The molecule has 3 heterocycles. The first-order valence-corrected chi connectivity index (χ1v) is 10.7. The van der Waals surface area contributed by atoms with E-state index in [4.69, 9.17) is 5.73 Å². The van der Waals surface area contributed by atoms with Crippen LogP contribution in [-0.4, -0.2) is 60.1 Å². The molecular weight excluding hydrogens is 362 g/mol. The van der Waals surface area contributed by atoms with Crippen LogP contribution in [0, 0.1) is 5.92 Å². The molecule has 1 aromatic heterocycles. The summed E-state index contributed by atoms with van der Waals surface area (Å²) in [5.41, 5.74) is 5.65. The van der Waals surface area contributed by atoms with Crippen molar-refractivity contribution >= 4 is 32.6 Å². The first kappa shape index (κ1) is 18.7. The van der Waals surface area contributed by atoms with Crippen LogP contribution in [0.4, 0.5) is 5.13 Å². The van der Waals surface area contributed by atoms with Crippen molar-refractivity contribution < 1.29 is 13.2 Å². The third kappa shape index (κ3) is 2.99. The second-order valence-corrected chi connectivity index (χ2v) is 9.68. The van der Waals surface area contributed by atoms with E-state index >= 15 is 0 Å². The molecule has 2 aliphatic heterocycles. The summed E-state index contributed by atoms with van der Waals surface area (Å²) in [4.78, 5) is 19.7. The Morgan fingerprint density at radius 1 is 1.48 bits per heavy atom. The molecule has 0 bridgehead atoms. The zero-order valence-corrected chi connectivity index (χ0v) is 16.4. The molecule has 2 N–H and O–H groups in total. The molecule has 140 valence electrons. The van der Waals surface area contributed by atoms with E-state index in [0.717, 1.165) is 11.3 Å². The minimum absolute atomic E-state index is 0.0639. The standard InChI is InChI=1S/C15H25N5O3S2/c1-4-6-18(3)25(22,23)19-7-5-12-13(19)10(2)14(21)20(12)15-17-9-11(8-16)24-15/h9-10,12-13H,4-8,16H2,1-3H3/t10-,12-,13+/m0/s1. The fourth-order valence-electron chi connectivity index (χ4n) is 3.78. The lowest BCUT2D eigenvalue weighted by Crippen LogP contribution is -2.48. The molecule has 0 spiro atoms. The topological polar surface area (TPSA) is 99.8 Å². The molecule has 25 heavy (non-hydrogen) atoms. The van der Waals surface area contributed by atoms with E-state index in [1.54, 1.807) is 18.1 Å². The molecule has 2 fully saturated rings. The van der Waals surface area contributed by atoms with Gasteiger partial charge in [-0.3, -0.25) is 9.69 Å². The molecule has 0 aliphatic carbocycles. The summed E-state index contributed by atoms with van der Waals surface area (Å²) in [6.07, 6.45) is 3.06. The second kappa shape index (κ2) is 6.92. The van der Waals surface area contributed by atoms with Crippen molar-refractivity contribution in [2.75, 3.05) is 25.0 Å². The van der Waals surface area contributed by atoms with Crippen LogP contribution < -0.4 is 10.6 Å². The van der Waals surface area contributed by atoms with Crippen molar-refractivity contribution in [1.82, 2.24) is 13.6 Å². The molecule has 3 rings (SSSR count). The van der Waals surface area contributed by atoms with Crippen molar-refractivity contribution in [1.29, 1.82) is 0 Å². The second-order valence-electron chi connectivity index (χ2n) is 6.60. The summed E-state index contributed by atoms with van der Waals surface area (Å²) in [6.45, 7) is 5.03. The summed E-state index contributed by atoms with van der Waals surface area (Å²) in [5.74, 6) is -0.450. The van der Waals surface area contributed by atoms with E-state index < -0.39 is 10.2 Å². The van der Waals surface area contributed by atoms with Crippen LogP contribution in [0.15, 0.2) is 6.20 Å². The lowest BCUT2D eigenvalue weighted by atomic mass is 10.0. The van der Waals surface area contributed by atoms with Gasteiger partial charge in [-0.05, 0) is 12.8 Å². The third-order valence-corrected chi connectivity index (χ3v) is 8.03. The largest absolute Gasteiger partial charge is 0.326 e. The number of carbonyl (C=O) groups is 1. The van der Waals surface area contributed by atoms with Gasteiger partial charge in [-0.1, -0.05) is 13.8 Å². The molecule has 3 atom stereocenters. The van der Waals surface area contributed by atoms with E-state index in [-0.39, 0.29) is 23.9 Å². The Morgan fingerprint density at radius 2 is 2.20 bits per heavy atom. The minimum atomic E-state index is -3.57. The monoisotopic (exact) mass is 387 g/mol. The molecule has 0 aromatic carbocycles. The van der Waals surface area contributed by atoms with Gasteiger partial charge in [-0.25, -0.2) is 4.98 Å². The van der Waals surface area contributed by atoms with Crippen LogP contribution in [-0.2, 0) is 21.5 Å². The van der Waals surface area contributed by atoms with Gasteiger partial charge in [0.25, 0.3) is 10.2 Å². The van der Waals surface area contributed by atoms with Crippen molar-refractivity contribution in [3.63, 3.8) is 0 Å². The van der Waals surface area contributed by atoms with E-state index in [0.29, 0.717) is 31.2 Å². The maximum atomic E-state index is 12.9. The van der Waals surface area contributed by atoms with Gasteiger partial charge in [0, 0.05) is 37.8 Å². The highest BCUT2D eigenvalue weighted by molar-refractivity contribution is 7.86. The Morgan fingerprint density at radius 3 is 2.80 bits per heavy atom. The number of aromatic nitrogens is 1. The van der Waals surface area contributed by atoms with Gasteiger partial charge in [-0.15, -0.1) is 11.3 Å². The average Bonchev–Trinajstić information content (AvgIpc) is 3.26. The fraction of sp³-hybridized carbons (Fsp3) is 0.733. The Bertz CT molecular complexity index is 750. The summed E-state index contributed by atoms with van der Waals surface area (Å²) in [7, 11) is -1.97. The van der Waals surface area contributed by atoms with Crippen molar-refractivity contribution in [3.05, 3.63) is 11.1 Å². The molecule has 10 heteroatoms. The lowest BCUT2D eigenvalue weighted by Gasteiger charge is -2.29. The predicted molar refractivity (Wildman–Crippen MR) is 97.4 cm³/mol. The van der Waals surface area contributed by atoms with Crippen LogP contribution in [0.25, 0.3) is 0 Å². The van der Waals surface area contributed by atoms with E-state index in [9.17, 15) is 13.2 Å². The van der Waals surface area contributed by atoms with Gasteiger partial charge < -0.3 is 5.73 Å². The Balaban J connectivity index is 1.90. The number of fused-ring (bicyclic) bond motifs is 1. The van der Waals surface area contributed by atoms with Crippen LogP contribution in [0.2, 0.25) is 0 Å². The molecular formula is C15H25N5O3S2. The first-order valence-electron chi connectivity index (χ1n) is 8.53. The Hall–Kier alpha value is -1.07. The number of hydrogen-bond donors (Lipinski definition) is 1. The number of nitrogens with two attached hydrogens (primary N) is 1. The van der Waals surface area contributed by atoms with Gasteiger partial charge in [-0.2, -0.15) is 17.0 Å². The Kier molecular flexibility index (Phi) is 5.18. The SMILES string of the molecule is CCCN(C)S(=O)(=O)N1CC[C@H]2[C@H]1[C@H](C)C(=O)N2c1ncc(CN)s1. The number of rotatable bonds is 6. The Labute approximate surface area is 152 Å². The van der Waals surface area contributed by atoms with Crippen LogP contribution >= 0.6 is 11.3 Å². The normalized spacial score (nSPS) is 27.5. The third-order valence-electron chi connectivity index (χ3n) is 5.02. The molecule has 0 unspecified atom stereocenters. The number of anilines is 1. The van der Waals surface area contributed by atoms with Crippen molar-refractivity contribution in [2.45, 2.75) is 45.3 Å². The fourth-order valence-corrected chi connectivity index (χ4v) is 6.37. The predicted octanol–water partition coefficient (Wildman–Crippen LogP) is 0.614. The van der Waals surface area contributed by atoms with Crippen LogP contribution in [0.5, 0.6) is 0 Å². The number of hydrogen-bond acceptors (Lipinski definition) is 6. The van der Waals surface area contributed by atoms with Crippen LogP contribution in [0.3, 0.4) is 0 Å². The molecule has 2 saturated heterocycles. The van der Waals surface area contributed by atoms with Crippen molar-refractivity contribution in [3.8, 4) is 0 Å². The molecule has 2 aliphatic rings. The van der Waals surface area contributed by atoms with Gasteiger partial charge in [0.1, 0.15) is 0 Å². The maximum Gasteiger partial charge on any atom is 0.282 e. The smallest absolute Gasteiger partial charge is 0.282 e. The van der Waals surface area contributed by atoms with Gasteiger partial charge >= 0.3 is 0 Å². The molecule has 1 amide bonds. The maximum absolute atomic E-state index is 12.9. The highest BCUT2D eigenvalue weighted by Crippen LogP contribution is 2.41. The van der Waals surface area contributed by atoms with E-state index in [2.05, 4.69) is 4.98 Å². The van der Waals surface area contributed by atoms with Gasteiger partial charge in [0.2, 0.25) is 5.91 Å². The van der Waals surface area contributed by atoms with E-state index in [1.165, 1.54) is 19.9 Å². The zero-order valence-electron chi connectivity index (χ0n) is 14.8. The molecule has 8 nitrogen and oxygen atoms in total. The highest BCUT2D eigenvalue weighted by atomic mass is 32.2. The van der Waals surface area contributed by atoms with E-state index in [1.807, 2.05) is 13.8 Å². The minimum Gasteiger partial charge on any atom is -0.326 e. The summed E-state index contributed by atoms with van der Waals surface area (Å²) < 4.78 is 28.7.